The molecule has 4 atom stereocenters. The van der Waals surface area contributed by atoms with E-state index in [4.69, 9.17) is 15.8 Å². The molecule has 0 radical (unpaired) electrons. The zero-order valence-electron chi connectivity index (χ0n) is 16.0. The lowest BCUT2D eigenvalue weighted by atomic mass is 9.76. The molecule has 13 heteroatoms. The van der Waals surface area contributed by atoms with Crippen molar-refractivity contribution in [3.05, 3.63) is 55.9 Å². The first-order chi connectivity index (χ1) is 14.2. The number of azide groups is 1. The molecule has 1 aliphatic heterocycles. The van der Waals surface area contributed by atoms with Crippen LogP contribution in [0.5, 0.6) is 0 Å². The van der Waals surface area contributed by atoms with E-state index in [0.717, 1.165) is 0 Å². The molecule has 0 saturated carbocycles. The summed E-state index contributed by atoms with van der Waals surface area (Å²) in [5.41, 5.74) is 17.1. The molecule has 156 valence electrons. The normalized spacial score (nSPS) is 19.1. The van der Waals surface area contributed by atoms with E-state index in [1.165, 1.54) is 38.1 Å². The third-order valence-corrected chi connectivity index (χ3v) is 4.75. The number of ketones is 1. The van der Waals surface area contributed by atoms with Gasteiger partial charge in [0.2, 0.25) is 5.91 Å². The Morgan fingerprint density at radius 2 is 1.93 bits per heavy atom. The van der Waals surface area contributed by atoms with E-state index >= 15 is 0 Å². The lowest BCUT2D eigenvalue weighted by Crippen LogP contribution is -2.65. The van der Waals surface area contributed by atoms with Crippen molar-refractivity contribution in [2.45, 2.75) is 32.5 Å². The standard InChI is InChI=1S/C17H17N7O6/c1-8(13-12(16(26)20-13)9(2)22-23-19)15(25)14(21-18)17(27)30-7-10-3-5-11(6-4-10)24(28)29/h3-6,8-9,12-13H,7H2,1-2H3,(H,20,26)/t8-,9-,12?,13?/m1/s1. The van der Waals surface area contributed by atoms with Gasteiger partial charge < -0.3 is 15.6 Å². The van der Waals surface area contributed by atoms with Crippen LogP contribution in [-0.4, -0.2) is 45.2 Å². The first-order valence-corrected chi connectivity index (χ1v) is 8.72. The van der Waals surface area contributed by atoms with Gasteiger partial charge in [-0.2, -0.15) is 4.79 Å². The number of non-ortho nitro benzene ring substituents is 1. The lowest BCUT2D eigenvalue weighted by molar-refractivity contribution is -0.384. The van der Waals surface area contributed by atoms with Crippen molar-refractivity contribution < 1.29 is 28.8 Å². The highest BCUT2D eigenvalue weighted by Crippen LogP contribution is 2.28. The van der Waals surface area contributed by atoms with E-state index in [1.54, 1.807) is 0 Å². The molecule has 1 aromatic rings. The molecule has 1 heterocycles. The number of nitrogens with zero attached hydrogens (tertiary/aromatic N) is 6. The van der Waals surface area contributed by atoms with Gasteiger partial charge in [-0.05, 0) is 23.2 Å². The second kappa shape index (κ2) is 9.41. The fraction of sp³-hybridized carbons (Fsp3) is 0.412. The van der Waals surface area contributed by atoms with Crippen LogP contribution in [0.1, 0.15) is 19.4 Å². The number of hydrogen-bond acceptors (Lipinski definition) is 7. The fourth-order valence-electron chi connectivity index (χ4n) is 3.03. The molecule has 0 aromatic heterocycles. The van der Waals surface area contributed by atoms with E-state index in [2.05, 4.69) is 20.1 Å². The summed E-state index contributed by atoms with van der Waals surface area (Å²) in [7, 11) is 0. The van der Waals surface area contributed by atoms with E-state index in [0.29, 0.717) is 5.56 Å². The monoisotopic (exact) mass is 415 g/mol. The highest BCUT2D eigenvalue weighted by molar-refractivity contribution is 6.62. The van der Waals surface area contributed by atoms with Crippen molar-refractivity contribution in [2.24, 2.45) is 17.0 Å². The van der Waals surface area contributed by atoms with Gasteiger partial charge in [-0.25, -0.2) is 4.79 Å². The van der Waals surface area contributed by atoms with Crippen LogP contribution in [0.3, 0.4) is 0 Å². The van der Waals surface area contributed by atoms with Crippen LogP contribution >= 0.6 is 0 Å². The molecule has 1 amide bonds. The highest BCUT2D eigenvalue weighted by Gasteiger charge is 2.50. The average molecular weight is 415 g/mol. The molecule has 2 rings (SSSR count). The van der Waals surface area contributed by atoms with Gasteiger partial charge in [0.05, 0.1) is 16.9 Å². The minimum absolute atomic E-state index is 0.140. The van der Waals surface area contributed by atoms with Crippen LogP contribution in [0.4, 0.5) is 5.69 Å². The summed E-state index contributed by atoms with van der Waals surface area (Å²) in [6.45, 7) is 2.64. The van der Waals surface area contributed by atoms with Crippen LogP contribution in [0.25, 0.3) is 16.0 Å². The van der Waals surface area contributed by atoms with Crippen LogP contribution in [0, 0.1) is 22.0 Å². The fourth-order valence-corrected chi connectivity index (χ4v) is 3.03. The van der Waals surface area contributed by atoms with Gasteiger partial charge in [-0.15, -0.1) is 0 Å². The molecule has 0 aliphatic carbocycles. The van der Waals surface area contributed by atoms with Gasteiger partial charge in [0.15, 0.2) is 0 Å². The van der Waals surface area contributed by atoms with Crippen molar-refractivity contribution in [3.63, 3.8) is 0 Å². The summed E-state index contributed by atoms with van der Waals surface area (Å²) in [6, 6.07) is 3.76. The van der Waals surface area contributed by atoms with E-state index in [-0.39, 0.29) is 12.3 Å². The number of ether oxygens (including phenoxy) is 1. The van der Waals surface area contributed by atoms with E-state index in [9.17, 15) is 24.5 Å². The summed E-state index contributed by atoms with van der Waals surface area (Å²) in [6.07, 6.45) is 0. The Morgan fingerprint density at radius 1 is 1.30 bits per heavy atom. The molecular formula is C17H17N7O6. The number of amides is 1. The molecule has 1 fully saturated rings. The number of esters is 1. The summed E-state index contributed by atoms with van der Waals surface area (Å²) < 4.78 is 4.94. The molecule has 2 unspecified atom stereocenters. The Morgan fingerprint density at radius 3 is 2.43 bits per heavy atom. The first kappa shape index (κ1) is 22.2. The molecule has 1 saturated heterocycles. The maximum atomic E-state index is 12.6. The number of benzene rings is 1. The Kier molecular flexibility index (Phi) is 6.97. The lowest BCUT2D eigenvalue weighted by Gasteiger charge is -2.41. The highest BCUT2D eigenvalue weighted by atomic mass is 16.6. The van der Waals surface area contributed by atoms with Crippen LogP contribution in [0.2, 0.25) is 0 Å². The summed E-state index contributed by atoms with van der Waals surface area (Å²) in [5, 5.41) is 16.6. The molecular weight excluding hydrogens is 398 g/mol. The van der Waals surface area contributed by atoms with Crippen LogP contribution in [-0.2, 0) is 25.7 Å². The second-order valence-corrected chi connectivity index (χ2v) is 6.61. The number of nitro benzene ring substituents is 1. The second-order valence-electron chi connectivity index (χ2n) is 6.61. The Labute approximate surface area is 169 Å². The van der Waals surface area contributed by atoms with Crippen molar-refractivity contribution >= 4 is 29.1 Å². The summed E-state index contributed by atoms with van der Waals surface area (Å²) in [5.74, 6) is -4.19. The molecule has 30 heavy (non-hydrogen) atoms. The van der Waals surface area contributed by atoms with Crippen LogP contribution < -0.4 is 5.32 Å². The van der Waals surface area contributed by atoms with Gasteiger partial charge in [0, 0.05) is 29.0 Å². The van der Waals surface area contributed by atoms with E-state index in [1.807, 2.05) is 0 Å². The maximum Gasteiger partial charge on any atom is 0.441 e. The maximum absolute atomic E-state index is 12.6. The minimum Gasteiger partial charge on any atom is -0.452 e. The largest absolute Gasteiger partial charge is 0.452 e. The van der Waals surface area contributed by atoms with Gasteiger partial charge >= 0.3 is 11.7 Å². The molecule has 0 bridgehead atoms. The number of carbonyl (C=O) groups excluding carboxylic acids is 3. The molecule has 1 aromatic carbocycles. The first-order valence-electron chi connectivity index (χ1n) is 8.72. The third kappa shape index (κ3) is 4.66. The van der Waals surface area contributed by atoms with Crippen molar-refractivity contribution in [2.75, 3.05) is 0 Å². The van der Waals surface area contributed by atoms with Crippen molar-refractivity contribution in [3.8, 4) is 0 Å². The van der Waals surface area contributed by atoms with Crippen molar-refractivity contribution in [1.82, 2.24) is 5.32 Å². The number of rotatable bonds is 9. The van der Waals surface area contributed by atoms with E-state index < -0.39 is 52.2 Å². The predicted octanol–water partition coefficient (Wildman–Crippen LogP) is 1.33. The SMILES string of the molecule is C[C@@H](N=[N+]=[N-])C1C(=O)NC1[C@@H](C)C(=O)C(=[N+]=[N-])C(=O)OCc1ccc([N+](=O)[O-])cc1. The van der Waals surface area contributed by atoms with Gasteiger partial charge in [0.1, 0.15) is 6.61 Å². The smallest absolute Gasteiger partial charge is 0.441 e. The number of hydrogen-bond donors (Lipinski definition) is 1. The number of nitro groups is 1. The number of β-lactam (4-membered cyclic amide) rings is 1. The molecule has 1 N–H and O–H groups in total. The molecule has 0 spiro atoms. The van der Waals surface area contributed by atoms with Crippen LogP contribution in [0.15, 0.2) is 29.4 Å². The number of carbonyl (C=O) groups is 3. The van der Waals surface area contributed by atoms with Gasteiger partial charge in [0.25, 0.3) is 11.5 Å². The molecule has 1 aliphatic rings. The minimum atomic E-state index is -1.20. The zero-order chi connectivity index (χ0) is 22.4. The third-order valence-electron chi connectivity index (χ3n) is 4.75. The summed E-state index contributed by atoms with van der Waals surface area (Å²) >= 11 is 0. The van der Waals surface area contributed by atoms with Gasteiger partial charge in [-0.3, -0.25) is 19.7 Å². The Hall–Kier alpha value is -4.08. The number of Topliss-reactive ketones (excluding diaryl/α,β-unsaturated/α-hetero) is 1. The van der Waals surface area contributed by atoms with Gasteiger partial charge in [-0.1, -0.05) is 19.0 Å². The predicted molar refractivity (Wildman–Crippen MR) is 99.7 cm³/mol. The Balaban J connectivity index is 2.03. The summed E-state index contributed by atoms with van der Waals surface area (Å²) in [4.78, 5) is 52.0. The average Bonchev–Trinajstić information content (AvgIpc) is 2.70. The quantitative estimate of drug-likeness (QED) is 0.0724. The zero-order valence-corrected chi connectivity index (χ0v) is 16.0. The topological polar surface area (TPSA) is 201 Å². The molecule has 13 nitrogen and oxygen atoms in total. The Bertz CT molecular complexity index is 979. The van der Waals surface area contributed by atoms with Crippen molar-refractivity contribution in [1.29, 1.82) is 0 Å². The number of nitrogens with one attached hydrogen (secondary N) is 1.